The second kappa shape index (κ2) is 8.21. The Morgan fingerprint density at radius 3 is 2.27 bits per heavy atom. The first kappa shape index (κ1) is 17.5. The number of methoxy groups -OCH3 is 1. The summed E-state index contributed by atoms with van der Waals surface area (Å²) >= 11 is 0. The SMILES string of the molecule is COc1ccccc1Nc1ccc(NC(=O)Cc2ccccc2C)cc1. The summed E-state index contributed by atoms with van der Waals surface area (Å²) in [4.78, 5) is 12.3. The highest BCUT2D eigenvalue weighted by atomic mass is 16.5. The van der Waals surface area contributed by atoms with Gasteiger partial charge in [-0.05, 0) is 54.4 Å². The smallest absolute Gasteiger partial charge is 0.228 e. The van der Waals surface area contributed by atoms with Crippen LogP contribution in [0.5, 0.6) is 5.75 Å². The van der Waals surface area contributed by atoms with Crippen molar-refractivity contribution >= 4 is 23.0 Å². The van der Waals surface area contributed by atoms with E-state index in [4.69, 9.17) is 4.74 Å². The Kier molecular flexibility index (Phi) is 5.54. The van der Waals surface area contributed by atoms with Gasteiger partial charge in [0, 0.05) is 11.4 Å². The number of hydrogen-bond acceptors (Lipinski definition) is 3. The Hall–Kier alpha value is -3.27. The molecule has 0 unspecified atom stereocenters. The minimum absolute atomic E-state index is 0.0234. The molecule has 132 valence electrons. The summed E-state index contributed by atoms with van der Waals surface area (Å²) in [6.45, 7) is 2.01. The number of anilines is 3. The molecule has 0 heterocycles. The summed E-state index contributed by atoms with van der Waals surface area (Å²) in [5.41, 5.74) is 4.75. The van der Waals surface area contributed by atoms with Gasteiger partial charge in [-0.25, -0.2) is 0 Å². The molecule has 26 heavy (non-hydrogen) atoms. The summed E-state index contributed by atoms with van der Waals surface area (Å²) in [5, 5.41) is 6.25. The van der Waals surface area contributed by atoms with E-state index in [0.717, 1.165) is 33.9 Å². The lowest BCUT2D eigenvalue weighted by molar-refractivity contribution is -0.115. The Labute approximate surface area is 153 Å². The third-order valence-corrected chi connectivity index (χ3v) is 4.17. The molecule has 0 bridgehead atoms. The highest BCUT2D eigenvalue weighted by Crippen LogP contribution is 2.27. The van der Waals surface area contributed by atoms with E-state index in [9.17, 15) is 4.79 Å². The standard InChI is InChI=1S/C22H22N2O2/c1-16-7-3-4-8-17(16)15-22(25)24-19-13-11-18(12-14-19)23-20-9-5-6-10-21(20)26-2/h3-14,23H,15H2,1-2H3,(H,24,25). The summed E-state index contributed by atoms with van der Waals surface area (Å²) in [6.07, 6.45) is 0.369. The van der Waals surface area contributed by atoms with E-state index in [1.165, 1.54) is 0 Å². The molecular formula is C22H22N2O2. The number of para-hydroxylation sites is 2. The molecule has 4 heteroatoms. The molecule has 4 nitrogen and oxygen atoms in total. The van der Waals surface area contributed by atoms with E-state index in [1.54, 1.807) is 7.11 Å². The number of nitrogens with one attached hydrogen (secondary N) is 2. The van der Waals surface area contributed by atoms with E-state index >= 15 is 0 Å². The summed E-state index contributed by atoms with van der Waals surface area (Å²) in [6, 6.07) is 23.3. The molecule has 3 aromatic rings. The topological polar surface area (TPSA) is 50.4 Å². The number of benzene rings is 3. The predicted molar refractivity (Wildman–Crippen MR) is 106 cm³/mol. The van der Waals surface area contributed by atoms with Crippen molar-refractivity contribution in [1.29, 1.82) is 0 Å². The first-order valence-corrected chi connectivity index (χ1v) is 8.50. The Morgan fingerprint density at radius 2 is 1.54 bits per heavy atom. The molecular weight excluding hydrogens is 324 g/mol. The van der Waals surface area contributed by atoms with Crippen molar-refractivity contribution in [2.24, 2.45) is 0 Å². The molecule has 0 saturated heterocycles. The molecule has 0 aromatic heterocycles. The van der Waals surface area contributed by atoms with Gasteiger partial charge in [-0.2, -0.15) is 0 Å². The van der Waals surface area contributed by atoms with Gasteiger partial charge < -0.3 is 15.4 Å². The summed E-state index contributed by atoms with van der Waals surface area (Å²) in [7, 11) is 1.65. The molecule has 0 aliphatic carbocycles. The van der Waals surface area contributed by atoms with Gasteiger partial charge in [0.25, 0.3) is 0 Å². The maximum absolute atomic E-state index is 12.3. The maximum Gasteiger partial charge on any atom is 0.228 e. The number of carbonyl (C=O) groups excluding carboxylic acids is 1. The number of rotatable bonds is 6. The van der Waals surface area contributed by atoms with Crippen LogP contribution in [0.25, 0.3) is 0 Å². The maximum atomic E-state index is 12.3. The average molecular weight is 346 g/mol. The summed E-state index contributed by atoms with van der Waals surface area (Å²) in [5.74, 6) is 0.757. The zero-order chi connectivity index (χ0) is 18.4. The lowest BCUT2D eigenvalue weighted by Gasteiger charge is -2.12. The van der Waals surface area contributed by atoms with Crippen molar-refractivity contribution in [1.82, 2.24) is 0 Å². The van der Waals surface area contributed by atoms with Crippen molar-refractivity contribution in [3.05, 3.63) is 83.9 Å². The van der Waals surface area contributed by atoms with Crippen LogP contribution >= 0.6 is 0 Å². The first-order chi connectivity index (χ1) is 12.7. The fourth-order valence-electron chi connectivity index (χ4n) is 2.73. The molecule has 0 fully saturated rings. The first-order valence-electron chi connectivity index (χ1n) is 8.50. The molecule has 0 spiro atoms. The second-order valence-corrected chi connectivity index (χ2v) is 6.05. The van der Waals surface area contributed by atoms with Gasteiger partial charge in [-0.15, -0.1) is 0 Å². The lowest BCUT2D eigenvalue weighted by atomic mass is 10.1. The molecule has 3 aromatic carbocycles. The van der Waals surface area contributed by atoms with Crippen LogP contribution in [-0.4, -0.2) is 13.0 Å². The van der Waals surface area contributed by atoms with Crippen molar-refractivity contribution in [3.8, 4) is 5.75 Å². The zero-order valence-corrected chi connectivity index (χ0v) is 15.0. The van der Waals surface area contributed by atoms with Crippen LogP contribution in [0.15, 0.2) is 72.8 Å². The fourth-order valence-corrected chi connectivity index (χ4v) is 2.73. The minimum Gasteiger partial charge on any atom is -0.495 e. The third-order valence-electron chi connectivity index (χ3n) is 4.17. The van der Waals surface area contributed by atoms with Crippen LogP contribution in [-0.2, 0) is 11.2 Å². The number of amides is 1. The molecule has 1 amide bonds. The number of aryl methyl sites for hydroxylation is 1. The molecule has 0 aliphatic rings. The molecule has 2 N–H and O–H groups in total. The van der Waals surface area contributed by atoms with E-state index < -0.39 is 0 Å². The molecule has 0 aliphatic heterocycles. The third kappa shape index (κ3) is 4.42. The number of carbonyl (C=O) groups is 1. The van der Waals surface area contributed by atoms with Crippen LogP contribution < -0.4 is 15.4 Å². The van der Waals surface area contributed by atoms with Crippen LogP contribution in [0.3, 0.4) is 0 Å². The van der Waals surface area contributed by atoms with Crippen molar-refractivity contribution in [3.63, 3.8) is 0 Å². The van der Waals surface area contributed by atoms with Crippen molar-refractivity contribution in [2.75, 3.05) is 17.7 Å². The lowest BCUT2D eigenvalue weighted by Crippen LogP contribution is -2.14. The van der Waals surface area contributed by atoms with E-state index in [-0.39, 0.29) is 5.91 Å². The Balaban J connectivity index is 1.62. The second-order valence-electron chi connectivity index (χ2n) is 6.05. The normalized spacial score (nSPS) is 10.2. The quantitative estimate of drug-likeness (QED) is 0.665. The van der Waals surface area contributed by atoms with Gasteiger partial charge in [-0.1, -0.05) is 36.4 Å². The van der Waals surface area contributed by atoms with Crippen LogP contribution in [0.1, 0.15) is 11.1 Å². The van der Waals surface area contributed by atoms with Gasteiger partial charge in [0.1, 0.15) is 5.75 Å². The van der Waals surface area contributed by atoms with E-state index in [2.05, 4.69) is 10.6 Å². The molecule has 0 radical (unpaired) electrons. The molecule has 0 atom stereocenters. The molecule has 3 rings (SSSR count). The number of ether oxygens (including phenoxy) is 1. The summed E-state index contributed by atoms with van der Waals surface area (Å²) < 4.78 is 5.34. The highest BCUT2D eigenvalue weighted by molar-refractivity contribution is 5.92. The van der Waals surface area contributed by atoms with Crippen LogP contribution in [0, 0.1) is 6.92 Å². The van der Waals surface area contributed by atoms with Crippen molar-refractivity contribution in [2.45, 2.75) is 13.3 Å². The van der Waals surface area contributed by atoms with E-state index in [1.807, 2.05) is 79.7 Å². The monoisotopic (exact) mass is 346 g/mol. The van der Waals surface area contributed by atoms with Gasteiger partial charge >= 0.3 is 0 Å². The van der Waals surface area contributed by atoms with Gasteiger partial charge in [0.05, 0.1) is 19.2 Å². The Morgan fingerprint density at radius 1 is 0.885 bits per heavy atom. The van der Waals surface area contributed by atoms with E-state index in [0.29, 0.717) is 6.42 Å². The zero-order valence-electron chi connectivity index (χ0n) is 15.0. The van der Waals surface area contributed by atoms with Crippen LogP contribution in [0.4, 0.5) is 17.1 Å². The van der Waals surface area contributed by atoms with Gasteiger partial charge in [0.15, 0.2) is 0 Å². The van der Waals surface area contributed by atoms with Gasteiger partial charge in [0.2, 0.25) is 5.91 Å². The van der Waals surface area contributed by atoms with Crippen LogP contribution in [0.2, 0.25) is 0 Å². The average Bonchev–Trinajstić information content (AvgIpc) is 2.66. The largest absolute Gasteiger partial charge is 0.495 e. The highest BCUT2D eigenvalue weighted by Gasteiger charge is 2.07. The van der Waals surface area contributed by atoms with Gasteiger partial charge in [-0.3, -0.25) is 4.79 Å². The van der Waals surface area contributed by atoms with Crippen molar-refractivity contribution < 1.29 is 9.53 Å². The predicted octanol–water partition coefficient (Wildman–Crippen LogP) is 4.93. The minimum atomic E-state index is -0.0234. The Bertz CT molecular complexity index is 889. The molecule has 0 saturated carbocycles. The fraction of sp³-hybridized carbons (Fsp3) is 0.136. The number of hydrogen-bond donors (Lipinski definition) is 2.